The molecule has 0 saturated carbocycles. The third-order valence-corrected chi connectivity index (χ3v) is 6.60. The van der Waals surface area contributed by atoms with E-state index >= 15 is 0 Å². The SMILES string of the molecule is CCCCC1CN(c2ccccc2)c2cc(SCC)c(O/C=C/C=O)cc2SN1.CO. The lowest BCUT2D eigenvalue weighted by Crippen LogP contribution is -2.34. The molecule has 0 amide bonds. The van der Waals surface area contributed by atoms with Gasteiger partial charge in [0, 0.05) is 31.5 Å². The molecular weight excluding hydrogens is 428 g/mol. The van der Waals surface area contributed by atoms with E-state index in [1.807, 2.05) is 0 Å². The highest BCUT2D eigenvalue weighted by molar-refractivity contribution is 7.99. The summed E-state index contributed by atoms with van der Waals surface area (Å²) in [5.74, 6) is 1.73. The number of aldehydes is 1. The van der Waals surface area contributed by atoms with E-state index in [1.165, 1.54) is 36.6 Å². The van der Waals surface area contributed by atoms with Crippen molar-refractivity contribution in [3.8, 4) is 5.75 Å². The maximum Gasteiger partial charge on any atom is 0.145 e. The third-order valence-electron chi connectivity index (χ3n) is 4.68. The summed E-state index contributed by atoms with van der Waals surface area (Å²) in [6.45, 7) is 5.29. The van der Waals surface area contributed by atoms with Crippen molar-refractivity contribution >= 4 is 41.4 Å². The first-order chi connectivity index (χ1) is 15.3. The molecule has 2 aromatic rings. The lowest BCUT2D eigenvalue weighted by molar-refractivity contribution is -0.104. The number of aliphatic hydroxyl groups excluding tert-OH is 1. The zero-order valence-electron chi connectivity index (χ0n) is 18.4. The van der Waals surface area contributed by atoms with Crippen molar-refractivity contribution in [3.63, 3.8) is 0 Å². The Morgan fingerprint density at radius 1 is 1.26 bits per heavy atom. The average molecular weight is 461 g/mol. The number of anilines is 2. The lowest BCUT2D eigenvalue weighted by Gasteiger charge is -2.28. The molecule has 2 N–H and O–H groups in total. The summed E-state index contributed by atoms with van der Waals surface area (Å²) in [5.41, 5.74) is 2.39. The van der Waals surface area contributed by atoms with E-state index in [0.717, 1.165) is 47.7 Å². The summed E-state index contributed by atoms with van der Waals surface area (Å²) < 4.78 is 9.43. The number of nitrogens with zero attached hydrogens (tertiary/aromatic N) is 1. The van der Waals surface area contributed by atoms with Gasteiger partial charge < -0.3 is 14.7 Å². The van der Waals surface area contributed by atoms with Gasteiger partial charge in [-0.3, -0.25) is 9.52 Å². The monoisotopic (exact) mass is 460 g/mol. The minimum Gasteiger partial charge on any atom is -0.464 e. The first-order valence-electron chi connectivity index (χ1n) is 10.5. The number of para-hydroxylation sites is 1. The Hall–Kier alpha value is -1.93. The molecule has 168 valence electrons. The van der Waals surface area contributed by atoms with Crippen LogP contribution in [-0.4, -0.2) is 36.8 Å². The van der Waals surface area contributed by atoms with Crippen molar-refractivity contribution in [1.82, 2.24) is 4.72 Å². The van der Waals surface area contributed by atoms with Crippen LogP contribution >= 0.6 is 23.7 Å². The standard InChI is InChI=1S/C23H28N2O2S2.CH4O/c1-3-5-10-18-17-25(19-11-7-6-8-12-19)20-15-23(28-4-2)21(27-14-9-13-26)16-22(20)29-24-18;1-2/h6-9,11-16,18,24H,3-5,10,17H2,1-2H3;2H,1H3/b14-9+;. The maximum atomic E-state index is 10.6. The van der Waals surface area contributed by atoms with Crippen molar-refractivity contribution in [2.45, 2.75) is 48.9 Å². The molecular formula is C24H32N2O3S2. The van der Waals surface area contributed by atoms with Crippen LogP contribution in [0.25, 0.3) is 0 Å². The Kier molecular flexibility index (Phi) is 11.6. The smallest absolute Gasteiger partial charge is 0.145 e. The number of ether oxygens (including phenoxy) is 1. The van der Waals surface area contributed by atoms with Crippen LogP contribution in [0.3, 0.4) is 0 Å². The van der Waals surface area contributed by atoms with E-state index in [0.29, 0.717) is 6.04 Å². The summed E-state index contributed by atoms with van der Waals surface area (Å²) in [6.07, 6.45) is 7.08. The van der Waals surface area contributed by atoms with Gasteiger partial charge in [0.2, 0.25) is 0 Å². The molecule has 31 heavy (non-hydrogen) atoms. The second kappa shape index (κ2) is 14.2. The summed E-state index contributed by atoms with van der Waals surface area (Å²) in [7, 11) is 1.00. The molecule has 1 heterocycles. The minimum absolute atomic E-state index is 0.397. The van der Waals surface area contributed by atoms with Gasteiger partial charge in [-0.2, -0.15) is 0 Å². The van der Waals surface area contributed by atoms with Crippen LogP contribution < -0.4 is 14.4 Å². The molecule has 3 rings (SSSR count). The van der Waals surface area contributed by atoms with Gasteiger partial charge in [0.1, 0.15) is 12.0 Å². The molecule has 0 radical (unpaired) electrons. The van der Waals surface area contributed by atoms with Gasteiger partial charge in [-0.1, -0.05) is 44.9 Å². The molecule has 0 aromatic heterocycles. The van der Waals surface area contributed by atoms with Gasteiger partial charge in [0.15, 0.2) is 0 Å². The van der Waals surface area contributed by atoms with Crippen LogP contribution in [-0.2, 0) is 4.79 Å². The summed E-state index contributed by atoms with van der Waals surface area (Å²) in [5, 5.41) is 7.00. The third kappa shape index (κ3) is 7.31. The quantitative estimate of drug-likeness (QED) is 0.161. The number of allylic oxidation sites excluding steroid dienone is 1. The van der Waals surface area contributed by atoms with Gasteiger partial charge in [-0.25, -0.2) is 0 Å². The van der Waals surface area contributed by atoms with Crippen LogP contribution in [0.2, 0.25) is 0 Å². The summed E-state index contributed by atoms with van der Waals surface area (Å²) in [4.78, 5) is 15.2. The molecule has 0 bridgehead atoms. The largest absolute Gasteiger partial charge is 0.464 e. The molecule has 7 heteroatoms. The predicted molar refractivity (Wildman–Crippen MR) is 133 cm³/mol. The van der Waals surface area contributed by atoms with E-state index in [2.05, 4.69) is 65.9 Å². The Morgan fingerprint density at radius 3 is 2.71 bits per heavy atom. The predicted octanol–water partition coefficient (Wildman–Crippen LogP) is 5.81. The molecule has 0 spiro atoms. The second-order valence-corrected chi connectivity index (χ2v) is 8.97. The molecule has 1 aliphatic heterocycles. The summed E-state index contributed by atoms with van der Waals surface area (Å²) in [6, 6.07) is 15.3. The van der Waals surface area contributed by atoms with Crippen LogP contribution in [0.4, 0.5) is 11.4 Å². The van der Waals surface area contributed by atoms with E-state index in [9.17, 15) is 4.79 Å². The van der Waals surface area contributed by atoms with Crippen LogP contribution in [0, 0.1) is 0 Å². The van der Waals surface area contributed by atoms with Gasteiger partial charge in [0.05, 0.1) is 21.7 Å². The van der Waals surface area contributed by atoms with E-state index < -0.39 is 0 Å². The number of carbonyl (C=O) groups is 1. The fraction of sp³-hybridized carbons (Fsp3) is 0.375. The zero-order valence-corrected chi connectivity index (χ0v) is 20.0. The van der Waals surface area contributed by atoms with Crippen LogP contribution in [0.5, 0.6) is 5.75 Å². The summed E-state index contributed by atoms with van der Waals surface area (Å²) >= 11 is 3.42. The molecule has 1 unspecified atom stereocenters. The normalized spacial score (nSPS) is 15.6. The molecule has 1 aliphatic rings. The fourth-order valence-electron chi connectivity index (χ4n) is 3.28. The minimum atomic E-state index is 0.397. The molecule has 5 nitrogen and oxygen atoms in total. The Morgan fingerprint density at radius 2 is 2.03 bits per heavy atom. The molecule has 0 saturated heterocycles. The van der Waals surface area contributed by atoms with Gasteiger partial charge >= 0.3 is 0 Å². The number of benzene rings is 2. The van der Waals surface area contributed by atoms with Crippen molar-refractivity contribution in [1.29, 1.82) is 0 Å². The highest BCUT2D eigenvalue weighted by atomic mass is 32.2. The van der Waals surface area contributed by atoms with Gasteiger partial charge in [-0.15, -0.1) is 11.8 Å². The number of hydrogen-bond acceptors (Lipinski definition) is 7. The first-order valence-corrected chi connectivity index (χ1v) is 12.3. The number of hydrogen-bond donors (Lipinski definition) is 2. The molecule has 1 atom stereocenters. The topological polar surface area (TPSA) is 61.8 Å². The lowest BCUT2D eigenvalue weighted by atomic mass is 10.1. The molecule has 2 aromatic carbocycles. The fourth-order valence-corrected chi connectivity index (χ4v) is 4.97. The van der Waals surface area contributed by atoms with Crippen molar-refractivity contribution in [2.24, 2.45) is 0 Å². The second-order valence-electron chi connectivity index (χ2n) is 6.79. The first kappa shape index (κ1) is 25.3. The Balaban J connectivity index is 0.00000166. The van der Waals surface area contributed by atoms with Gasteiger partial charge in [0.25, 0.3) is 0 Å². The number of nitrogens with one attached hydrogen (secondary N) is 1. The number of aliphatic hydroxyl groups is 1. The zero-order chi connectivity index (χ0) is 22.5. The Bertz CT molecular complexity index is 831. The molecule has 0 fully saturated rings. The number of carbonyl (C=O) groups excluding carboxylic acids is 1. The molecule has 0 aliphatic carbocycles. The number of unbranched alkanes of at least 4 members (excludes halogenated alkanes) is 1. The maximum absolute atomic E-state index is 10.6. The van der Waals surface area contributed by atoms with E-state index in [1.54, 1.807) is 23.7 Å². The van der Waals surface area contributed by atoms with E-state index in [4.69, 9.17) is 9.84 Å². The highest BCUT2D eigenvalue weighted by Gasteiger charge is 2.25. The van der Waals surface area contributed by atoms with Crippen molar-refractivity contribution in [2.75, 3.05) is 24.3 Å². The van der Waals surface area contributed by atoms with E-state index in [-0.39, 0.29) is 0 Å². The van der Waals surface area contributed by atoms with Crippen molar-refractivity contribution < 1.29 is 14.6 Å². The number of thioether (sulfide) groups is 1. The van der Waals surface area contributed by atoms with Crippen LogP contribution in [0.1, 0.15) is 33.1 Å². The number of rotatable bonds is 9. The average Bonchev–Trinajstić information content (AvgIpc) is 2.99. The van der Waals surface area contributed by atoms with Crippen molar-refractivity contribution in [3.05, 3.63) is 54.8 Å². The highest BCUT2D eigenvalue weighted by Crippen LogP contribution is 2.43. The van der Waals surface area contributed by atoms with Crippen LogP contribution in [0.15, 0.2) is 64.6 Å². The number of fused-ring (bicyclic) bond motifs is 1. The Labute approximate surface area is 194 Å². The van der Waals surface area contributed by atoms with Gasteiger partial charge in [-0.05, 0) is 48.4 Å².